The summed E-state index contributed by atoms with van der Waals surface area (Å²) in [5.74, 6) is -0.0661. The average molecular weight is 273 g/mol. The number of benzene rings is 2. The molecule has 0 aliphatic rings. The highest BCUT2D eigenvalue weighted by atomic mass is 19.1. The summed E-state index contributed by atoms with van der Waals surface area (Å²) in [6.07, 6.45) is 0.124. The zero-order valence-electron chi connectivity index (χ0n) is 11.4. The van der Waals surface area contributed by atoms with E-state index in [-0.39, 0.29) is 23.5 Å². The molecule has 0 amide bonds. The van der Waals surface area contributed by atoms with Gasteiger partial charge in [-0.05, 0) is 31.2 Å². The number of rotatable bonds is 4. The largest absolute Gasteiger partial charge is 0.496 e. The fourth-order valence-electron chi connectivity index (χ4n) is 2.08. The van der Waals surface area contributed by atoms with Gasteiger partial charge in [-0.2, -0.15) is 0 Å². The maximum absolute atomic E-state index is 13.2. The van der Waals surface area contributed by atoms with Crippen molar-refractivity contribution in [1.29, 1.82) is 0 Å². The standard InChI is InChI=1S/C16H16FNO2/c1-10-3-6-16(20-2)11(7-10)8-15(19)13-9-12(17)4-5-14(13)18/h3-7,9H,8,18H2,1-2H3. The Morgan fingerprint density at radius 2 is 2.00 bits per heavy atom. The van der Waals surface area contributed by atoms with E-state index in [1.165, 1.54) is 18.2 Å². The summed E-state index contributed by atoms with van der Waals surface area (Å²) in [5.41, 5.74) is 8.00. The summed E-state index contributed by atoms with van der Waals surface area (Å²) in [5, 5.41) is 0. The Bertz CT molecular complexity index is 653. The van der Waals surface area contributed by atoms with E-state index in [4.69, 9.17) is 10.5 Å². The quantitative estimate of drug-likeness (QED) is 0.687. The number of carbonyl (C=O) groups excluding carboxylic acids is 1. The predicted molar refractivity (Wildman–Crippen MR) is 76.6 cm³/mol. The molecule has 0 aliphatic heterocycles. The minimum atomic E-state index is -0.473. The van der Waals surface area contributed by atoms with E-state index in [1.807, 2.05) is 25.1 Å². The van der Waals surface area contributed by atoms with E-state index in [1.54, 1.807) is 7.11 Å². The van der Waals surface area contributed by atoms with E-state index in [2.05, 4.69) is 0 Å². The van der Waals surface area contributed by atoms with Crippen LogP contribution < -0.4 is 10.5 Å². The van der Waals surface area contributed by atoms with Crippen molar-refractivity contribution in [3.8, 4) is 5.75 Å². The first-order valence-corrected chi connectivity index (χ1v) is 6.23. The number of carbonyl (C=O) groups is 1. The molecule has 0 unspecified atom stereocenters. The lowest BCUT2D eigenvalue weighted by Crippen LogP contribution is -2.08. The smallest absolute Gasteiger partial charge is 0.169 e. The highest BCUT2D eigenvalue weighted by Crippen LogP contribution is 2.23. The second kappa shape index (κ2) is 5.74. The third-order valence-corrected chi connectivity index (χ3v) is 3.10. The Kier molecular flexibility index (Phi) is 4.03. The molecule has 0 spiro atoms. The number of methoxy groups -OCH3 is 1. The second-order valence-corrected chi connectivity index (χ2v) is 4.65. The molecular weight excluding hydrogens is 257 g/mol. The van der Waals surface area contributed by atoms with Gasteiger partial charge in [0.1, 0.15) is 11.6 Å². The van der Waals surface area contributed by atoms with Gasteiger partial charge in [-0.25, -0.2) is 4.39 Å². The maximum Gasteiger partial charge on any atom is 0.169 e. The molecule has 2 N–H and O–H groups in total. The van der Waals surface area contributed by atoms with Crippen LogP contribution in [0, 0.1) is 12.7 Å². The number of hydrogen-bond acceptors (Lipinski definition) is 3. The molecule has 104 valence electrons. The number of nitrogens with two attached hydrogens (primary N) is 1. The molecule has 3 nitrogen and oxygen atoms in total. The van der Waals surface area contributed by atoms with Crippen LogP contribution in [0.15, 0.2) is 36.4 Å². The molecule has 2 aromatic carbocycles. The number of nitrogen functional groups attached to an aromatic ring is 1. The Hall–Kier alpha value is -2.36. The monoisotopic (exact) mass is 273 g/mol. The summed E-state index contributed by atoms with van der Waals surface area (Å²) in [6.45, 7) is 1.93. The molecule has 0 radical (unpaired) electrons. The van der Waals surface area contributed by atoms with Crippen molar-refractivity contribution in [2.24, 2.45) is 0 Å². The van der Waals surface area contributed by atoms with Crippen LogP contribution in [-0.4, -0.2) is 12.9 Å². The molecule has 0 heterocycles. The fourth-order valence-corrected chi connectivity index (χ4v) is 2.08. The van der Waals surface area contributed by atoms with Crippen LogP contribution in [0.2, 0.25) is 0 Å². The SMILES string of the molecule is COc1ccc(C)cc1CC(=O)c1cc(F)ccc1N. The first kappa shape index (κ1) is 14.1. The first-order valence-electron chi connectivity index (χ1n) is 6.23. The molecular formula is C16H16FNO2. The molecule has 0 atom stereocenters. The Balaban J connectivity index is 2.32. The third-order valence-electron chi connectivity index (χ3n) is 3.10. The van der Waals surface area contributed by atoms with Crippen LogP contribution in [0.25, 0.3) is 0 Å². The lowest BCUT2D eigenvalue weighted by Gasteiger charge is -2.10. The zero-order valence-corrected chi connectivity index (χ0v) is 11.4. The number of ether oxygens (including phenoxy) is 1. The van der Waals surface area contributed by atoms with Crippen molar-refractivity contribution >= 4 is 11.5 Å². The Morgan fingerprint density at radius 3 is 2.70 bits per heavy atom. The van der Waals surface area contributed by atoms with Gasteiger partial charge in [0, 0.05) is 23.2 Å². The summed E-state index contributed by atoms with van der Waals surface area (Å²) >= 11 is 0. The van der Waals surface area contributed by atoms with Crippen LogP contribution in [0.1, 0.15) is 21.5 Å². The van der Waals surface area contributed by atoms with Crippen LogP contribution in [0.5, 0.6) is 5.75 Å². The van der Waals surface area contributed by atoms with Gasteiger partial charge in [-0.15, -0.1) is 0 Å². The van der Waals surface area contributed by atoms with Crippen molar-refractivity contribution in [1.82, 2.24) is 0 Å². The van der Waals surface area contributed by atoms with Gasteiger partial charge in [0.25, 0.3) is 0 Å². The lowest BCUT2D eigenvalue weighted by atomic mass is 9.99. The topological polar surface area (TPSA) is 52.3 Å². The number of anilines is 1. The molecule has 0 fully saturated rings. The maximum atomic E-state index is 13.2. The highest BCUT2D eigenvalue weighted by molar-refractivity contribution is 6.02. The van der Waals surface area contributed by atoms with Crippen LogP contribution in [0.4, 0.5) is 10.1 Å². The average Bonchev–Trinajstić information content (AvgIpc) is 2.41. The van der Waals surface area contributed by atoms with Crippen LogP contribution >= 0.6 is 0 Å². The number of halogens is 1. The minimum absolute atomic E-state index is 0.124. The summed E-state index contributed by atoms with van der Waals surface area (Å²) in [6, 6.07) is 9.40. The molecule has 0 saturated carbocycles. The third kappa shape index (κ3) is 2.96. The highest BCUT2D eigenvalue weighted by Gasteiger charge is 2.14. The summed E-state index contributed by atoms with van der Waals surface area (Å²) < 4.78 is 18.5. The van der Waals surface area contributed by atoms with Gasteiger partial charge in [0.05, 0.1) is 7.11 Å². The molecule has 0 bridgehead atoms. The van der Waals surface area contributed by atoms with E-state index in [0.29, 0.717) is 5.75 Å². The Labute approximate surface area is 117 Å². The number of Topliss-reactive ketones (excluding diaryl/α,β-unsaturated/α-hetero) is 1. The van der Waals surface area contributed by atoms with Gasteiger partial charge in [-0.3, -0.25) is 4.79 Å². The van der Waals surface area contributed by atoms with Crippen molar-refractivity contribution in [2.75, 3.05) is 12.8 Å². The van der Waals surface area contributed by atoms with Crippen LogP contribution in [0.3, 0.4) is 0 Å². The number of hydrogen-bond donors (Lipinski definition) is 1. The lowest BCUT2D eigenvalue weighted by molar-refractivity contribution is 0.0992. The van der Waals surface area contributed by atoms with E-state index in [9.17, 15) is 9.18 Å². The Morgan fingerprint density at radius 1 is 1.25 bits per heavy atom. The molecule has 0 aromatic heterocycles. The molecule has 2 rings (SSSR count). The van der Waals surface area contributed by atoms with E-state index in [0.717, 1.165) is 11.1 Å². The van der Waals surface area contributed by atoms with Gasteiger partial charge >= 0.3 is 0 Å². The molecule has 4 heteroatoms. The van der Waals surface area contributed by atoms with Gasteiger partial charge in [0.15, 0.2) is 5.78 Å². The number of ketones is 1. The van der Waals surface area contributed by atoms with Crippen molar-refractivity contribution in [2.45, 2.75) is 13.3 Å². The van der Waals surface area contributed by atoms with Crippen LogP contribution in [-0.2, 0) is 6.42 Å². The van der Waals surface area contributed by atoms with Crippen molar-refractivity contribution < 1.29 is 13.9 Å². The molecule has 20 heavy (non-hydrogen) atoms. The second-order valence-electron chi connectivity index (χ2n) is 4.65. The fraction of sp³-hybridized carbons (Fsp3) is 0.188. The zero-order chi connectivity index (χ0) is 14.7. The van der Waals surface area contributed by atoms with Gasteiger partial charge in [0.2, 0.25) is 0 Å². The van der Waals surface area contributed by atoms with Crippen molar-refractivity contribution in [3.63, 3.8) is 0 Å². The molecule has 0 saturated heterocycles. The summed E-state index contributed by atoms with van der Waals surface area (Å²) in [7, 11) is 1.55. The minimum Gasteiger partial charge on any atom is -0.496 e. The van der Waals surface area contributed by atoms with Gasteiger partial charge in [-0.1, -0.05) is 17.7 Å². The van der Waals surface area contributed by atoms with E-state index < -0.39 is 5.82 Å². The first-order chi connectivity index (χ1) is 9.51. The van der Waals surface area contributed by atoms with E-state index >= 15 is 0 Å². The molecule has 0 aliphatic carbocycles. The predicted octanol–water partition coefficient (Wildman–Crippen LogP) is 3.15. The summed E-state index contributed by atoms with van der Waals surface area (Å²) in [4.78, 5) is 12.3. The van der Waals surface area contributed by atoms with Crippen molar-refractivity contribution in [3.05, 3.63) is 58.9 Å². The number of aryl methyl sites for hydroxylation is 1. The molecule has 2 aromatic rings. The van der Waals surface area contributed by atoms with Gasteiger partial charge < -0.3 is 10.5 Å². The normalized spacial score (nSPS) is 10.3.